The van der Waals surface area contributed by atoms with Gasteiger partial charge in [0.05, 0.1) is 36.6 Å². The van der Waals surface area contributed by atoms with Gasteiger partial charge < -0.3 is 19.1 Å². The summed E-state index contributed by atoms with van der Waals surface area (Å²) in [5.41, 5.74) is 2.31. The van der Waals surface area contributed by atoms with Gasteiger partial charge in [0.25, 0.3) is 0 Å². The van der Waals surface area contributed by atoms with Crippen LogP contribution in [0, 0.1) is 0 Å². The number of benzene rings is 1. The molecule has 5 rings (SSSR count). The average Bonchev–Trinajstić information content (AvgIpc) is 3.13. The molecule has 2 aliphatic heterocycles. The van der Waals surface area contributed by atoms with Gasteiger partial charge in [-0.15, -0.1) is 0 Å². The van der Waals surface area contributed by atoms with Crippen molar-refractivity contribution >= 4 is 16.7 Å². The van der Waals surface area contributed by atoms with Gasteiger partial charge in [-0.2, -0.15) is 5.10 Å². The Morgan fingerprint density at radius 3 is 2.67 bits per heavy atom. The number of anilines is 1. The summed E-state index contributed by atoms with van der Waals surface area (Å²) in [7, 11) is 0. The molecule has 8 heteroatoms. The summed E-state index contributed by atoms with van der Waals surface area (Å²) in [6, 6.07) is 8.01. The number of hydrogen-bond acceptors (Lipinski definition) is 7. The first kappa shape index (κ1) is 19.3. The summed E-state index contributed by atoms with van der Waals surface area (Å²) in [6.07, 6.45) is 2.85. The number of rotatable bonds is 5. The van der Waals surface area contributed by atoms with Crippen molar-refractivity contribution in [1.82, 2.24) is 20.2 Å². The highest BCUT2D eigenvalue weighted by Gasteiger charge is 2.39. The molecule has 8 nitrogen and oxygen atoms in total. The third kappa shape index (κ3) is 3.50. The Morgan fingerprint density at radius 1 is 1.17 bits per heavy atom. The molecule has 0 saturated carbocycles. The quantitative estimate of drug-likeness (QED) is 0.693. The van der Waals surface area contributed by atoms with Crippen LogP contribution in [0.1, 0.15) is 27.2 Å². The SMILES string of the molecule is CCC1(Oc2ccc3[nH]nc(-c4cc(N5C[C@@H](C)O[C@@H](C)C5)ncn4)c3c2)COC1. The summed E-state index contributed by atoms with van der Waals surface area (Å²) in [4.78, 5) is 11.2. The molecule has 2 fully saturated rings. The van der Waals surface area contributed by atoms with Crippen LogP contribution in [0.5, 0.6) is 5.75 Å². The molecule has 0 spiro atoms. The predicted octanol–water partition coefficient (Wildman–Crippen LogP) is 3.19. The Bertz CT molecular complexity index is 1030. The lowest BCUT2D eigenvalue weighted by atomic mass is 9.98. The molecule has 0 aliphatic carbocycles. The zero-order valence-electron chi connectivity index (χ0n) is 17.6. The number of hydrogen-bond donors (Lipinski definition) is 1. The number of morpholine rings is 1. The number of fused-ring (bicyclic) bond motifs is 1. The van der Waals surface area contributed by atoms with Gasteiger partial charge in [0.15, 0.2) is 5.60 Å². The summed E-state index contributed by atoms with van der Waals surface area (Å²) >= 11 is 0. The first-order valence-corrected chi connectivity index (χ1v) is 10.5. The standard InChI is InChI=1S/C22H27N5O3/c1-4-22(11-28-12-22)30-16-5-6-18-17(7-16)21(26-25-18)19-8-20(24-13-23-19)27-9-14(2)29-15(3)10-27/h5-8,13-15H,4,9-12H2,1-3H3,(H,25,26)/t14-,15+. The van der Waals surface area contributed by atoms with E-state index in [0.29, 0.717) is 13.2 Å². The number of nitrogens with zero attached hydrogens (tertiary/aromatic N) is 4. The van der Waals surface area contributed by atoms with E-state index >= 15 is 0 Å². The van der Waals surface area contributed by atoms with Gasteiger partial charge in [0.1, 0.15) is 23.6 Å². The Morgan fingerprint density at radius 2 is 1.97 bits per heavy atom. The molecule has 158 valence electrons. The molecule has 1 N–H and O–H groups in total. The largest absolute Gasteiger partial charge is 0.482 e. The van der Waals surface area contributed by atoms with Crippen LogP contribution in [0.15, 0.2) is 30.6 Å². The fourth-order valence-corrected chi connectivity index (χ4v) is 4.18. The van der Waals surface area contributed by atoms with Gasteiger partial charge in [-0.05, 0) is 38.5 Å². The van der Waals surface area contributed by atoms with Crippen molar-refractivity contribution in [3.05, 3.63) is 30.6 Å². The molecule has 0 unspecified atom stereocenters. The van der Waals surface area contributed by atoms with Gasteiger partial charge in [0, 0.05) is 24.5 Å². The molecule has 0 bridgehead atoms. The van der Waals surface area contributed by atoms with Crippen molar-refractivity contribution in [3.63, 3.8) is 0 Å². The van der Waals surface area contributed by atoms with Crippen LogP contribution in [0.25, 0.3) is 22.3 Å². The minimum absolute atomic E-state index is 0.166. The Balaban J connectivity index is 1.46. The van der Waals surface area contributed by atoms with Crippen molar-refractivity contribution in [1.29, 1.82) is 0 Å². The van der Waals surface area contributed by atoms with Gasteiger partial charge >= 0.3 is 0 Å². The second kappa shape index (κ2) is 7.52. The lowest BCUT2D eigenvalue weighted by Gasteiger charge is -2.40. The van der Waals surface area contributed by atoms with Crippen molar-refractivity contribution in [2.24, 2.45) is 0 Å². The zero-order valence-corrected chi connectivity index (χ0v) is 17.6. The van der Waals surface area contributed by atoms with Crippen molar-refractivity contribution in [3.8, 4) is 17.1 Å². The molecule has 0 radical (unpaired) electrons. The van der Waals surface area contributed by atoms with Crippen molar-refractivity contribution in [2.75, 3.05) is 31.2 Å². The number of H-pyrrole nitrogens is 1. The predicted molar refractivity (Wildman–Crippen MR) is 114 cm³/mol. The van der Waals surface area contributed by atoms with E-state index < -0.39 is 0 Å². The third-order valence-electron chi connectivity index (χ3n) is 5.88. The molecule has 3 aromatic rings. The summed E-state index contributed by atoms with van der Waals surface area (Å²) < 4.78 is 17.5. The molecule has 1 aromatic carbocycles. The number of aromatic amines is 1. The van der Waals surface area contributed by atoms with Crippen LogP contribution in [0.3, 0.4) is 0 Å². The monoisotopic (exact) mass is 409 g/mol. The van der Waals surface area contributed by atoms with Crippen molar-refractivity contribution in [2.45, 2.75) is 45.0 Å². The maximum Gasteiger partial charge on any atom is 0.155 e. The van der Waals surface area contributed by atoms with E-state index in [4.69, 9.17) is 14.2 Å². The minimum Gasteiger partial charge on any atom is -0.482 e. The molecule has 2 atom stereocenters. The van der Waals surface area contributed by atoms with E-state index in [1.54, 1.807) is 6.33 Å². The lowest BCUT2D eigenvalue weighted by Crippen LogP contribution is -2.53. The van der Waals surface area contributed by atoms with Gasteiger partial charge in [-0.25, -0.2) is 9.97 Å². The molecular weight excluding hydrogens is 382 g/mol. The molecule has 0 amide bonds. The third-order valence-corrected chi connectivity index (χ3v) is 5.88. The van der Waals surface area contributed by atoms with E-state index in [2.05, 4.69) is 45.8 Å². The van der Waals surface area contributed by atoms with Gasteiger partial charge in [-0.1, -0.05) is 6.92 Å². The van der Waals surface area contributed by atoms with Crippen LogP contribution in [0.2, 0.25) is 0 Å². The first-order chi connectivity index (χ1) is 14.5. The highest BCUT2D eigenvalue weighted by Crippen LogP contribution is 2.33. The molecule has 2 saturated heterocycles. The van der Waals surface area contributed by atoms with Crippen LogP contribution in [-0.4, -0.2) is 64.3 Å². The lowest BCUT2D eigenvalue weighted by molar-refractivity contribution is -0.162. The summed E-state index contributed by atoms with van der Waals surface area (Å²) in [5, 5.41) is 8.62. The second-order valence-electron chi connectivity index (χ2n) is 8.33. The number of aromatic nitrogens is 4. The van der Waals surface area contributed by atoms with E-state index in [-0.39, 0.29) is 17.8 Å². The van der Waals surface area contributed by atoms with Crippen LogP contribution in [-0.2, 0) is 9.47 Å². The minimum atomic E-state index is -0.219. The van der Waals surface area contributed by atoms with Crippen LogP contribution in [0.4, 0.5) is 5.82 Å². The number of ether oxygens (including phenoxy) is 3. The maximum absolute atomic E-state index is 6.28. The first-order valence-electron chi connectivity index (χ1n) is 10.5. The molecular formula is C22H27N5O3. The molecule has 4 heterocycles. The van der Waals surface area contributed by atoms with E-state index in [1.165, 1.54) is 0 Å². The molecule has 30 heavy (non-hydrogen) atoms. The highest BCUT2D eigenvalue weighted by atomic mass is 16.6. The van der Waals surface area contributed by atoms with Crippen LogP contribution >= 0.6 is 0 Å². The van der Waals surface area contributed by atoms with Gasteiger partial charge in [-0.3, -0.25) is 5.10 Å². The average molecular weight is 409 g/mol. The zero-order chi connectivity index (χ0) is 20.7. The summed E-state index contributed by atoms with van der Waals surface area (Å²) in [6.45, 7) is 9.17. The highest BCUT2D eigenvalue weighted by molar-refractivity contribution is 5.93. The fourth-order valence-electron chi connectivity index (χ4n) is 4.18. The topological polar surface area (TPSA) is 85.4 Å². The summed E-state index contributed by atoms with van der Waals surface area (Å²) in [5.74, 6) is 1.71. The molecule has 2 aromatic heterocycles. The smallest absolute Gasteiger partial charge is 0.155 e. The number of nitrogens with one attached hydrogen (secondary N) is 1. The van der Waals surface area contributed by atoms with E-state index in [0.717, 1.165) is 53.4 Å². The van der Waals surface area contributed by atoms with Crippen molar-refractivity contribution < 1.29 is 14.2 Å². The van der Waals surface area contributed by atoms with E-state index in [1.807, 2.05) is 24.3 Å². The second-order valence-corrected chi connectivity index (χ2v) is 8.33. The van der Waals surface area contributed by atoms with Crippen LogP contribution < -0.4 is 9.64 Å². The van der Waals surface area contributed by atoms with Gasteiger partial charge in [0.2, 0.25) is 0 Å². The maximum atomic E-state index is 6.28. The Hall–Kier alpha value is -2.71. The Kier molecular flexibility index (Phi) is 4.83. The fraction of sp³-hybridized carbons (Fsp3) is 0.500. The molecule has 2 aliphatic rings. The normalized spacial score (nSPS) is 23.4. The van der Waals surface area contributed by atoms with E-state index in [9.17, 15) is 0 Å². The Labute approximate surface area is 175 Å².